The van der Waals surface area contributed by atoms with Crippen molar-refractivity contribution in [3.63, 3.8) is 0 Å². The van der Waals surface area contributed by atoms with Crippen molar-refractivity contribution in [1.82, 2.24) is 9.97 Å². The Morgan fingerprint density at radius 1 is 1.14 bits per heavy atom. The number of nitrogens with zero attached hydrogens (tertiary/aromatic N) is 4. The molecule has 4 heteroatoms. The Balaban J connectivity index is 2.36. The molecule has 2 rings (SSSR count). The third-order valence-electron chi connectivity index (χ3n) is 3.15. The van der Waals surface area contributed by atoms with Crippen molar-refractivity contribution in [3.05, 3.63) is 53.5 Å². The quantitative estimate of drug-likeness (QED) is 0.862. The summed E-state index contributed by atoms with van der Waals surface area (Å²) in [7, 11) is 0. The molecule has 0 aliphatic rings. The van der Waals surface area contributed by atoms with E-state index in [0.717, 1.165) is 24.6 Å². The fourth-order valence-electron chi connectivity index (χ4n) is 2.36. The SMILES string of the molecule is Cc1cc(N(Cc2ccccc2)CC(C)(C)C)nc(C#N)n1. The van der Waals surface area contributed by atoms with Crippen LogP contribution in [0.4, 0.5) is 5.82 Å². The molecule has 22 heavy (non-hydrogen) atoms. The summed E-state index contributed by atoms with van der Waals surface area (Å²) in [6.45, 7) is 10.1. The van der Waals surface area contributed by atoms with Crippen LogP contribution < -0.4 is 4.90 Å². The summed E-state index contributed by atoms with van der Waals surface area (Å²) < 4.78 is 0. The lowest BCUT2D eigenvalue weighted by Gasteiger charge is -2.31. The number of benzene rings is 1. The summed E-state index contributed by atoms with van der Waals surface area (Å²) in [4.78, 5) is 10.7. The average molecular weight is 294 g/mol. The average Bonchev–Trinajstić information content (AvgIpc) is 2.45. The Kier molecular flexibility index (Phi) is 4.77. The first kappa shape index (κ1) is 16.0. The number of rotatable bonds is 4. The summed E-state index contributed by atoms with van der Waals surface area (Å²) >= 11 is 0. The fourth-order valence-corrected chi connectivity index (χ4v) is 2.36. The molecule has 0 radical (unpaired) electrons. The van der Waals surface area contributed by atoms with Crippen molar-refractivity contribution >= 4 is 5.82 Å². The van der Waals surface area contributed by atoms with Crippen molar-refractivity contribution in [2.75, 3.05) is 11.4 Å². The maximum Gasteiger partial charge on any atom is 0.234 e. The lowest BCUT2D eigenvalue weighted by atomic mass is 9.95. The van der Waals surface area contributed by atoms with Crippen LogP contribution in [0.1, 0.15) is 37.9 Å². The van der Waals surface area contributed by atoms with E-state index in [1.165, 1.54) is 5.56 Å². The molecular weight excluding hydrogens is 272 g/mol. The fraction of sp³-hybridized carbons (Fsp3) is 0.389. The number of aromatic nitrogens is 2. The van der Waals surface area contributed by atoms with E-state index in [-0.39, 0.29) is 11.2 Å². The molecule has 0 N–H and O–H groups in total. The van der Waals surface area contributed by atoms with Gasteiger partial charge in [-0.25, -0.2) is 9.97 Å². The summed E-state index contributed by atoms with van der Waals surface area (Å²) in [5.41, 5.74) is 2.16. The number of hydrogen-bond acceptors (Lipinski definition) is 4. The molecule has 1 heterocycles. The van der Waals surface area contributed by atoms with Crippen LogP contribution in [-0.2, 0) is 6.54 Å². The molecule has 1 aromatic heterocycles. The van der Waals surface area contributed by atoms with E-state index in [4.69, 9.17) is 5.26 Å². The summed E-state index contributed by atoms with van der Waals surface area (Å²) in [6.07, 6.45) is 0. The number of anilines is 1. The molecule has 1 aromatic carbocycles. The Hall–Kier alpha value is -2.41. The number of hydrogen-bond donors (Lipinski definition) is 0. The van der Waals surface area contributed by atoms with Gasteiger partial charge in [0.05, 0.1) is 0 Å². The highest BCUT2D eigenvalue weighted by Gasteiger charge is 2.19. The molecule has 0 saturated carbocycles. The van der Waals surface area contributed by atoms with Crippen LogP contribution in [0, 0.1) is 23.7 Å². The topological polar surface area (TPSA) is 52.8 Å². The summed E-state index contributed by atoms with van der Waals surface area (Å²) in [5.74, 6) is 1.03. The molecule has 0 bridgehead atoms. The lowest BCUT2D eigenvalue weighted by Crippen LogP contribution is -2.33. The van der Waals surface area contributed by atoms with Gasteiger partial charge in [-0.05, 0) is 17.9 Å². The highest BCUT2D eigenvalue weighted by molar-refractivity contribution is 5.42. The Bertz CT molecular complexity index is 666. The molecule has 0 spiro atoms. The predicted octanol–water partition coefficient (Wildman–Crippen LogP) is 3.71. The second-order valence-electron chi connectivity index (χ2n) is 6.71. The van der Waals surface area contributed by atoms with Gasteiger partial charge in [-0.15, -0.1) is 0 Å². The highest BCUT2D eigenvalue weighted by atomic mass is 15.2. The van der Waals surface area contributed by atoms with Gasteiger partial charge in [-0.3, -0.25) is 0 Å². The van der Waals surface area contributed by atoms with Crippen LogP contribution in [0.25, 0.3) is 0 Å². The Morgan fingerprint density at radius 3 is 2.41 bits per heavy atom. The van der Waals surface area contributed by atoms with Gasteiger partial charge in [-0.2, -0.15) is 5.26 Å². The molecular formula is C18H22N4. The zero-order valence-corrected chi connectivity index (χ0v) is 13.7. The van der Waals surface area contributed by atoms with Crippen LogP contribution in [0.15, 0.2) is 36.4 Å². The molecule has 0 amide bonds. The number of nitriles is 1. The first-order chi connectivity index (χ1) is 10.4. The standard InChI is InChI=1S/C18H22N4/c1-14-10-17(21-16(11-19)20-14)22(13-18(2,3)4)12-15-8-6-5-7-9-15/h5-10H,12-13H2,1-4H3. The van der Waals surface area contributed by atoms with E-state index in [2.05, 4.69) is 47.8 Å². The van der Waals surface area contributed by atoms with Gasteiger partial charge < -0.3 is 4.90 Å². The molecule has 0 fully saturated rings. The minimum atomic E-state index is 0.125. The van der Waals surface area contributed by atoms with E-state index in [0.29, 0.717) is 0 Å². The van der Waals surface area contributed by atoms with E-state index >= 15 is 0 Å². The smallest absolute Gasteiger partial charge is 0.234 e. The minimum absolute atomic E-state index is 0.125. The zero-order chi connectivity index (χ0) is 16.2. The zero-order valence-electron chi connectivity index (χ0n) is 13.7. The van der Waals surface area contributed by atoms with Gasteiger partial charge in [0.1, 0.15) is 11.9 Å². The normalized spacial score (nSPS) is 11.0. The number of aryl methyl sites for hydroxylation is 1. The third-order valence-corrected chi connectivity index (χ3v) is 3.15. The molecule has 0 saturated heterocycles. The van der Waals surface area contributed by atoms with Gasteiger partial charge >= 0.3 is 0 Å². The minimum Gasteiger partial charge on any atom is -0.352 e. The van der Waals surface area contributed by atoms with Crippen molar-refractivity contribution in [1.29, 1.82) is 5.26 Å². The van der Waals surface area contributed by atoms with E-state index < -0.39 is 0 Å². The molecule has 0 atom stereocenters. The summed E-state index contributed by atoms with van der Waals surface area (Å²) in [5, 5.41) is 9.10. The van der Waals surface area contributed by atoms with Crippen LogP contribution in [-0.4, -0.2) is 16.5 Å². The first-order valence-electron chi connectivity index (χ1n) is 7.42. The summed E-state index contributed by atoms with van der Waals surface area (Å²) in [6, 6.07) is 14.3. The second kappa shape index (κ2) is 6.57. The Labute approximate surface area is 132 Å². The molecule has 114 valence electrons. The monoisotopic (exact) mass is 294 g/mol. The molecule has 0 unspecified atom stereocenters. The van der Waals surface area contributed by atoms with E-state index in [9.17, 15) is 0 Å². The largest absolute Gasteiger partial charge is 0.352 e. The van der Waals surface area contributed by atoms with E-state index in [1.54, 1.807) is 0 Å². The van der Waals surface area contributed by atoms with Crippen LogP contribution in [0.3, 0.4) is 0 Å². The first-order valence-corrected chi connectivity index (χ1v) is 7.42. The third kappa shape index (κ3) is 4.56. The van der Waals surface area contributed by atoms with Crippen molar-refractivity contribution in [3.8, 4) is 6.07 Å². The van der Waals surface area contributed by atoms with Crippen LogP contribution in [0.2, 0.25) is 0 Å². The van der Waals surface area contributed by atoms with Crippen LogP contribution >= 0.6 is 0 Å². The lowest BCUT2D eigenvalue weighted by molar-refractivity contribution is 0.407. The molecule has 4 nitrogen and oxygen atoms in total. The highest BCUT2D eigenvalue weighted by Crippen LogP contribution is 2.22. The van der Waals surface area contributed by atoms with Gasteiger partial charge in [-0.1, -0.05) is 51.1 Å². The van der Waals surface area contributed by atoms with Gasteiger partial charge in [0.15, 0.2) is 0 Å². The van der Waals surface area contributed by atoms with Gasteiger partial charge in [0.25, 0.3) is 0 Å². The van der Waals surface area contributed by atoms with E-state index in [1.807, 2.05) is 37.3 Å². The van der Waals surface area contributed by atoms with Crippen molar-refractivity contribution < 1.29 is 0 Å². The Morgan fingerprint density at radius 2 is 1.82 bits per heavy atom. The molecule has 0 aliphatic heterocycles. The van der Waals surface area contributed by atoms with Crippen LogP contribution in [0.5, 0.6) is 0 Å². The molecule has 2 aromatic rings. The van der Waals surface area contributed by atoms with Crippen molar-refractivity contribution in [2.24, 2.45) is 5.41 Å². The predicted molar refractivity (Wildman–Crippen MR) is 88.4 cm³/mol. The second-order valence-corrected chi connectivity index (χ2v) is 6.71. The van der Waals surface area contributed by atoms with Crippen molar-refractivity contribution in [2.45, 2.75) is 34.2 Å². The maximum absolute atomic E-state index is 9.10. The maximum atomic E-state index is 9.10. The van der Waals surface area contributed by atoms with Gasteiger partial charge in [0, 0.05) is 24.8 Å². The molecule has 0 aliphatic carbocycles. The van der Waals surface area contributed by atoms with Gasteiger partial charge in [0.2, 0.25) is 5.82 Å².